The van der Waals surface area contributed by atoms with E-state index in [1.165, 1.54) is 0 Å². The first kappa shape index (κ1) is 13.9. The van der Waals surface area contributed by atoms with E-state index in [2.05, 4.69) is 5.32 Å². The van der Waals surface area contributed by atoms with Crippen LogP contribution >= 0.6 is 0 Å². The molecule has 4 heteroatoms. The fourth-order valence-electron chi connectivity index (χ4n) is 2.85. The van der Waals surface area contributed by atoms with Crippen molar-refractivity contribution in [3.05, 3.63) is 29.3 Å². The predicted octanol–water partition coefficient (Wildman–Crippen LogP) is 2.17. The maximum Gasteiger partial charge on any atom is 0.311 e. The standard InChI is InChI=1S/C15H21NO3/c1-10-5-6-13(19-2)12(8-10)14(15(17)18)11-4-3-7-16-9-11/h5-6,8,11,14,16H,3-4,7,9H2,1-2H3,(H,17,18). The van der Waals surface area contributed by atoms with Crippen LogP contribution < -0.4 is 10.1 Å². The molecule has 1 fully saturated rings. The minimum Gasteiger partial charge on any atom is -0.496 e. The van der Waals surface area contributed by atoms with Crippen LogP contribution in [0.25, 0.3) is 0 Å². The zero-order valence-corrected chi connectivity index (χ0v) is 11.5. The number of aliphatic carboxylic acids is 1. The van der Waals surface area contributed by atoms with E-state index in [1.807, 2.05) is 25.1 Å². The fourth-order valence-corrected chi connectivity index (χ4v) is 2.85. The molecule has 2 N–H and O–H groups in total. The predicted molar refractivity (Wildman–Crippen MR) is 73.7 cm³/mol. The van der Waals surface area contributed by atoms with E-state index in [9.17, 15) is 9.90 Å². The Labute approximate surface area is 113 Å². The van der Waals surface area contributed by atoms with Gasteiger partial charge < -0.3 is 15.2 Å². The number of ether oxygens (including phenoxy) is 1. The third kappa shape index (κ3) is 3.07. The average molecular weight is 263 g/mol. The summed E-state index contributed by atoms with van der Waals surface area (Å²) in [5.41, 5.74) is 1.86. The molecule has 0 aliphatic carbocycles. The summed E-state index contributed by atoms with van der Waals surface area (Å²) in [4.78, 5) is 11.7. The topological polar surface area (TPSA) is 58.6 Å². The minimum atomic E-state index is -0.766. The second-order valence-corrected chi connectivity index (χ2v) is 5.17. The van der Waals surface area contributed by atoms with Crippen LogP contribution in [0.15, 0.2) is 18.2 Å². The smallest absolute Gasteiger partial charge is 0.311 e. The number of methoxy groups -OCH3 is 1. The Bertz CT molecular complexity index is 453. The highest BCUT2D eigenvalue weighted by Gasteiger charge is 2.32. The molecule has 1 heterocycles. The van der Waals surface area contributed by atoms with Gasteiger partial charge in [0.1, 0.15) is 5.75 Å². The van der Waals surface area contributed by atoms with Crippen molar-refractivity contribution in [2.75, 3.05) is 20.2 Å². The highest BCUT2D eigenvalue weighted by atomic mass is 16.5. The molecule has 1 aromatic rings. The first-order valence-corrected chi connectivity index (χ1v) is 6.71. The van der Waals surface area contributed by atoms with Crippen molar-refractivity contribution in [3.8, 4) is 5.75 Å². The third-order valence-electron chi connectivity index (χ3n) is 3.79. The summed E-state index contributed by atoms with van der Waals surface area (Å²) in [6, 6.07) is 5.74. The molecule has 104 valence electrons. The van der Waals surface area contributed by atoms with Crippen molar-refractivity contribution in [3.63, 3.8) is 0 Å². The van der Waals surface area contributed by atoms with Gasteiger partial charge in [-0.2, -0.15) is 0 Å². The van der Waals surface area contributed by atoms with Crippen LogP contribution in [0, 0.1) is 12.8 Å². The number of rotatable bonds is 4. The van der Waals surface area contributed by atoms with Gasteiger partial charge in [0.25, 0.3) is 0 Å². The third-order valence-corrected chi connectivity index (χ3v) is 3.79. The van der Waals surface area contributed by atoms with Crippen LogP contribution in [0.3, 0.4) is 0 Å². The van der Waals surface area contributed by atoms with Gasteiger partial charge in [-0.25, -0.2) is 0 Å². The summed E-state index contributed by atoms with van der Waals surface area (Å²) in [6.45, 7) is 3.71. The van der Waals surface area contributed by atoms with Crippen LogP contribution in [0.1, 0.15) is 29.9 Å². The number of carboxylic acid groups (broad SMARTS) is 1. The lowest BCUT2D eigenvalue weighted by molar-refractivity contribution is -0.140. The number of aryl methyl sites for hydroxylation is 1. The van der Waals surface area contributed by atoms with Gasteiger partial charge in [0.05, 0.1) is 13.0 Å². The molecular weight excluding hydrogens is 242 g/mol. The zero-order valence-electron chi connectivity index (χ0n) is 11.5. The summed E-state index contributed by atoms with van der Waals surface area (Å²) >= 11 is 0. The second-order valence-electron chi connectivity index (χ2n) is 5.17. The Morgan fingerprint density at radius 2 is 2.32 bits per heavy atom. The molecule has 2 atom stereocenters. The lowest BCUT2D eigenvalue weighted by atomic mass is 9.81. The normalized spacial score (nSPS) is 20.8. The maximum atomic E-state index is 11.7. The Hall–Kier alpha value is -1.55. The number of hydrogen-bond acceptors (Lipinski definition) is 3. The van der Waals surface area contributed by atoms with Gasteiger partial charge in [0, 0.05) is 5.56 Å². The molecule has 0 radical (unpaired) electrons. The molecule has 0 spiro atoms. The van der Waals surface area contributed by atoms with Crippen LogP contribution in [-0.2, 0) is 4.79 Å². The largest absolute Gasteiger partial charge is 0.496 e. The first-order valence-electron chi connectivity index (χ1n) is 6.71. The molecule has 2 unspecified atom stereocenters. The zero-order chi connectivity index (χ0) is 13.8. The molecule has 1 saturated heterocycles. The van der Waals surface area contributed by atoms with Crippen molar-refractivity contribution in [2.45, 2.75) is 25.7 Å². The van der Waals surface area contributed by atoms with Crippen LogP contribution in [0.5, 0.6) is 5.75 Å². The molecule has 1 aliphatic rings. The number of carboxylic acids is 1. The molecule has 0 saturated carbocycles. The number of nitrogens with one attached hydrogen (secondary N) is 1. The Balaban J connectivity index is 2.37. The van der Waals surface area contributed by atoms with Gasteiger partial charge in [-0.3, -0.25) is 4.79 Å². The SMILES string of the molecule is COc1ccc(C)cc1C(C(=O)O)C1CCCNC1. The summed E-state index contributed by atoms with van der Waals surface area (Å²) < 4.78 is 5.34. The molecule has 4 nitrogen and oxygen atoms in total. The van der Waals surface area contributed by atoms with Gasteiger partial charge in [-0.15, -0.1) is 0 Å². The van der Waals surface area contributed by atoms with E-state index >= 15 is 0 Å². The summed E-state index contributed by atoms with van der Waals surface area (Å²) in [5, 5.41) is 12.9. The molecule has 19 heavy (non-hydrogen) atoms. The van der Waals surface area contributed by atoms with E-state index in [0.717, 1.165) is 37.1 Å². The number of benzene rings is 1. The highest BCUT2D eigenvalue weighted by molar-refractivity contribution is 5.78. The number of hydrogen-bond donors (Lipinski definition) is 2. The van der Waals surface area contributed by atoms with E-state index in [4.69, 9.17) is 4.74 Å². The van der Waals surface area contributed by atoms with Crippen LogP contribution in [0.2, 0.25) is 0 Å². The fraction of sp³-hybridized carbons (Fsp3) is 0.533. The lowest BCUT2D eigenvalue weighted by Gasteiger charge is -2.29. The van der Waals surface area contributed by atoms with Crippen molar-refractivity contribution < 1.29 is 14.6 Å². The minimum absolute atomic E-state index is 0.127. The molecular formula is C15H21NO3. The lowest BCUT2D eigenvalue weighted by Crippen LogP contribution is -2.36. The van der Waals surface area contributed by atoms with E-state index in [-0.39, 0.29) is 5.92 Å². The molecule has 0 bridgehead atoms. The Kier molecular flexibility index (Phi) is 4.43. The Morgan fingerprint density at radius 3 is 2.89 bits per heavy atom. The van der Waals surface area contributed by atoms with Gasteiger partial charge in [-0.1, -0.05) is 17.7 Å². The van der Waals surface area contributed by atoms with Crippen LogP contribution in [0.4, 0.5) is 0 Å². The summed E-state index contributed by atoms with van der Waals surface area (Å²) in [7, 11) is 1.59. The quantitative estimate of drug-likeness (QED) is 0.874. The van der Waals surface area contributed by atoms with Crippen LogP contribution in [-0.4, -0.2) is 31.3 Å². The van der Waals surface area contributed by atoms with E-state index in [1.54, 1.807) is 7.11 Å². The average Bonchev–Trinajstić information content (AvgIpc) is 2.40. The monoisotopic (exact) mass is 263 g/mol. The van der Waals surface area contributed by atoms with Crippen molar-refractivity contribution in [1.29, 1.82) is 0 Å². The van der Waals surface area contributed by atoms with E-state index < -0.39 is 11.9 Å². The number of carbonyl (C=O) groups is 1. The summed E-state index contributed by atoms with van der Waals surface area (Å²) in [6.07, 6.45) is 1.98. The number of piperidine rings is 1. The molecule has 0 amide bonds. The maximum absolute atomic E-state index is 11.7. The second kappa shape index (κ2) is 6.06. The summed E-state index contributed by atoms with van der Waals surface area (Å²) in [5.74, 6) is -0.467. The molecule has 0 aromatic heterocycles. The van der Waals surface area contributed by atoms with Crippen molar-refractivity contribution >= 4 is 5.97 Å². The Morgan fingerprint density at radius 1 is 1.53 bits per heavy atom. The van der Waals surface area contributed by atoms with Gasteiger partial charge in [0.2, 0.25) is 0 Å². The van der Waals surface area contributed by atoms with Gasteiger partial charge in [0.15, 0.2) is 0 Å². The highest BCUT2D eigenvalue weighted by Crippen LogP contribution is 2.35. The molecule has 2 rings (SSSR count). The van der Waals surface area contributed by atoms with Gasteiger partial charge in [-0.05, 0) is 44.8 Å². The van der Waals surface area contributed by atoms with Gasteiger partial charge >= 0.3 is 5.97 Å². The molecule has 1 aromatic carbocycles. The first-order chi connectivity index (χ1) is 9.13. The van der Waals surface area contributed by atoms with E-state index in [0.29, 0.717) is 5.75 Å². The van der Waals surface area contributed by atoms with Crippen molar-refractivity contribution in [1.82, 2.24) is 5.32 Å². The van der Waals surface area contributed by atoms with Crippen molar-refractivity contribution in [2.24, 2.45) is 5.92 Å². The molecule has 1 aliphatic heterocycles.